The zero-order chi connectivity index (χ0) is 14.4. The van der Waals surface area contributed by atoms with Gasteiger partial charge >= 0.3 is 0 Å². The molecule has 1 fully saturated rings. The molecule has 0 aromatic heterocycles. The highest BCUT2D eigenvalue weighted by Gasteiger charge is 2.34. The van der Waals surface area contributed by atoms with Crippen LogP contribution >= 0.6 is 0 Å². The Morgan fingerprint density at radius 1 is 1.15 bits per heavy atom. The van der Waals surface area contributed by atoms with E-state index in [0.717, 1.165) is 5.92 Å². The molecule has 0 heterocycles. The molecule has 1 saturated carbocycles. The van der Waals surface area contributed by atoms with Gasteiger partial charge in [-0.3, -0.25) is 0 Å². The van der Waals surface area contributed by atoms with E-state index in [9.17, 15) is 0 Å². The smallest absolute Gasteiger partial charge is 0.0250 e. The van der Waals surface area contributed by atoms with E-state index in [0.29, 0.717) is 5.41 Å². The lowest BCUT2D eigenvalue weighted by molar-refractivity contribution is 0.116. The first kappa shape index (κ1) is 15.6. The second-order valence-corrected chi connectivity index (χ2v) is 7.11. The quantitative estimate of drug-likeness (QED) is 0.569. The maximum atomic E-state index is 2.42. The highest BCUT2D eigenvalue weighted by Crippen LogP contribution is 2.46. The predicted octanol–water partition coefficient (Wildman–Crippen LogP) is 6.31. The van der Waals surface area contributed by atoms with Crippen molar-refractivity contribution in [3.05, 3.63) is 35.4 Å². The topological polar surface area (TPSA) is 0 Å². The van der Waals surface area contributed by atoms with Gasteiger partial charge in [-0.2, -0.15) is 0 Å². The summed E-state index contributed by atoms with van der Waals surface area (Å²) in [5.74, 6) is 0.920. The summed E-state index contributed by atoms with van der Waals surface area (Å²) in [6.07, 6.45) is 12.8. The van der Waals surface area contributed by atoms with Gasteiger partial charge in [0.25, 0.3) is 0 Å². The first-order valence-electron chi connectivity index (χ1n) is 8.73. The van der Waals surface area contributed by atoms with Crippen LogP contribution in [0.1, 0.15) is 76.3 Å². The highest BCUT2D eigenvalue weighted by molar-refractivity contribution is 5.21. The fourth-order valence-corrected chi connectivity index (χ4v) is 4.09. The van der Waals surface area contributed by atoms with Crippen molar-refractivity contribution in [2.75, 3.05) is 0 Å². The Labute approximate surface area is 126 Å². The summed E-state index contributed by atoms with van der Waals surface area (Å²) in [5.41, 5.74) is 3.59. The van der Waals surface area contributed by atoms with Crippen LogP contribution in [-0.4, -0.2) is 0 Å². The van der Waals surface area contributed by atoms with Gasteiger partial charge in [0.1, 0.15) is 0 Å². The lowest BCUT2D eigenvalue weighted by Crippen LogP contribution is -2.29. The molecule has 112 valence electrons. The van der Waals surface area contributed by atoms with Gasteiger partial charge in [-0.25, -0.2) is 0 Å². The van der Waals surface area contributed by atoms with Gasteiger partial charge < -0.3 is 0 Å². The van der Waals surface area contributed by atoms with Crippen molar-refractivity contribution < 1.29 is 0 Å². The summed E-state index contributed by atoms with van der Waals surface area (Å²) >= 11 is 0. The molecule has 2 atom stereocenters. The maximum Gasteiger partial charge on any atom is -0.0250 e. The Morgan fingerprint density at radius 2 is 1.90 bits per heavy atom. The van der Waals surface area contributed by atoms with E-state index in [-0.39, 0.29) is 0 Å². The Hall–Kier alpha value is -0.780. The Kier molecular flexibility index (Phi) is 5.69. The van der Waals surface area contributed by atoms with Crippen LogP contribution in [0.2, 0.25) is 0 Å². The molecular formula is C20H32. The Morgan fingerprint density at radius 3 is 2.55 bits per heavy atom. The molecule has 1 unspecified atom stereocenters. The third-order valence-corrected chi connectivity index (χ3v) is 5.50. The predicted molar refractivity (Wildman–Crippen MR) is 89.1 cm³/mol. The number of aryl methyl sites for hydroxylation is 1. The van der Waals surface area contributed by atoms with Gasteiger partial charge in [-0.05, 0) is 49.5 Å². The molecular weight excluding hydrogens is 240 g/mol. The van der Waals surface area contributed by atoms with Gasteiger partial charge in [0.2, 0.25) is 0 Å². The summed E-state index contributed by atoms with van der Waals surface area (Å²) in [6, 6.07) is 9.21. The van der Waals surface area contributed by atoms with Crippen LogP contribution in [0.25, 0.3) is 0 Å². The van der Waals surface area contributed by atoms with Crippen LogP contribution in [0.5, 0.6) is 0 Å². The maximum absolute atomic E-state index is 2.42. The SMILES string of the molecule is CCCC[C@@]1(CC)CCCC(Cc2ccc(C)cc2)C1. The fraction of sp³-hybridized carbons (Fsp3) is 0.700. The number of hydrogen-bond donors (Lipinski definition) is 0. The number of rotatable bonds is 6. The van der Waals surface area contributed by atoms with Crippen molar-refractivity contribution in [2.24, 2.45) is 11.3 Å². The van der Waals surface area contributed by atoms with Crippen molar-refractivity contribution in [1.82, 2.24) is 0 Å². The molecule has 2 rings (SSSR count). The molecule has 1 aliphatic carbocycles. The van der Waals surface area contributed by atoms with E-state index in [1.54, 1.807) is 5.56 Å². The van der Waals surface area contributed by atoms with Crippen LogP contribution in [0.3, 0.4) is 0 Å². The highest BCUT2D eigenvalue weighted by atomic mass is 14.4. The van der Waals surface area contributed by atoms with Gasteiger partial charge in [0.15, 0.2) is 0 Å². The van der Waals surface area contributed by atoms with E-state index in [1.807, 2.05) is 0 Å². The molecule has 0 heteroatoms. The minimum Gasteiger partial charge on any atom is -0.0654 e. The van der Waals surface area contributed by atoms with Crippen LogP contribution in [0.4, 0.5) is 0 Å². The van der Waals surface area contributed by atoms with Gasteiger partial charge in [0.05, 0.1) is 0 Å². The Bertz CT molecular complexity index is 389. The zero-order valence-corrected chi connectivity index (χ0v) is 13.8. The van der Waals surface area contributed by atoms with Crippen molar-refractivity contribution in [3.8, 4) is 0 Å². The average Bonchev–Trinajstić information content (AvgIpc) is 2.48. The standard InChI is InChI=1S/C20H32/c1-4-6-13-20(5-2)14-7-8-19(16-20)15-18-11-9-17(3)10-12-18/h9-12,19H,4-8,13-16H2,1-3H3/t19?,20-/m0/s1. The minimum absolute atomic E-state index is 0.670. The zero-order valence-electron chi connectivity index (χ0n) is 13.8. The molecule has 0 amide bonds. The molecule has 0 aliphatic heterocycles. The van der Waals surface area contributed by atoms with E-state index >= 15 is 0 Å². The van der Waals surface area contributed by atoms with E-state index in [1.165, 1.54) is 63.4 Å². The number of benzene rings is 1. The fourth-order valence-electron chi connectivity index (χ4n) is 4.09. The normalized spacial score (nSPS) is 26.6. The van der Waals surface area contributed by atoms with Crippen molar-refractivity contribution >= 4 is 0 Å². The second-order valence-electron chi connectivity index (χ2n) is 7.11. The molecule has 1 aliphatic rings. The number of unbranched alkanes of at least 4 members (excludes halogenated alkanes) is 1. The van der Waals surface area contributed by atoms with Crippen LogP contribution in [0, 0.1) is 18.3 Å². The van der Waals surface area contributed by atoms with Gasteiger partial charge in [-0.15, -0.1) is 0 Å². The van der Waals surface area contributed by atoms with E-state index in [2.05, 4.69) is 45.0 Å². The largest absolute Gasteiger partial charge is 0.0654 e. The summed E-state index contributed by atoms with van der Waals surface area (Å²) in [4.78, 5) is 0. The molecule has 1 aromatic carbocycles. The molecule has 0 radical (unpaired) electrons. The third-order valence-electron chi connectivity index (χ3n) is 5.50. The molecule has 1 aromatic rings. The summed E-state index contributed by atoms with van der Waals surface area (Å²) in [5, 5.41) is 0. The first-order valence-corrected chi connectivity index (χ1v) is 8.73. The lowest BCUT2D eigenvalue weighted by Gasteiger charge is -2.41. The minimum atomic E-state index is 0.670. The summed E-state index contributed by atoms with van der Waals surface area (Å²) < 4.78 is 0. The average molecular weight is 272 g/mol. The summed E-state index contributed by atoms with van der Waals surface area (Å²) in [6.45, 7) is 6.93. The summed E-state index contributed by atoms with van der Waals surface area (Å²) in [7, 11) is 0. The molecule has 20 heavy (non-hydrogen) atoms. The van der Waals surface area contributed by atoms with Crippen LogP contribution in [-0.2, 0) is 6.42 Å². The van der Waals surface area contributed by atoms with Crippen molar-refractivity contribution in [1.29, 1.82) is 0 Å². The number of hydrogen-bond acceptors (Lipinski definition) is 0. The lowest BCUT2D eigenvalue weighted by atomic mass is 9.64. The monoisotopic (exact) mass is 272 g/mol. The first-order chi connectivity index (χ1) is 9.67. The molecule has 0 saturated heterocycles. The Balaban J connectivity index is 1.96. The van der Waals surface area contributed by atoms with Gasteiger partial charge in [0, 0.05) is 0 Å². The molecule has 0 spiro atoms. The van der Waals surface area contributed by atoms with E-state index < -0.39 is 0 Å². The van der Waals surface area contributed by atoms with Crippen LogP contribution in [0.15, 0.2) is 24.3 Å². The van der Waals surface area contributed by atoms with E-state index in [4.69, 9.17) is 0 Å². The van der Waals surface area contributed by atoms with Crippen LogP contribution < -0.4 is 0 Å². The molecule has 0 nitrogen and oxygen atoms in total. The van der Waals surface area contributed by atoms with Crippen molar-refractivity contribution in [2.45, 2.75) is 78.6 Å². The molecule has 0 bridgehead atoms. The third kappa shape index (κ3) is 4.11. The second kappa shape index (κ2) is 7.29. The van der Waals surface area contributed by atoms with Gasteiger partial charge in [-0.1, -0.05) is 75.8 Å². The molecule has 0 N–H and O–H groups in total. The van der Waals surface area contributed by atoms with Crippen molar-refractivity contribution in [3.63, 3.8) is 0 Å².